The van der Waals surface area contributed by atoms with Crippen molar-refractivity contribution in [2.24, 2.45) is 11.8 Å². The number of nitrogens with one attached hydrogen (secondary N) is 4. The quantitative estimate of drug-likeness (QED) is 0.106. The van der Waals surface area contributed by atoms with Crippen LogP contribution < -0.4 is 21.5 Å². The molecule has 4 amide bonds. The van der Waals surface area contributed by atoms with Crippen LogP contribution in [0.3, 0.4) is 0 Å². The number of rotatable bonds is 14. The largest absolute Gasteiger partial charge is 0.445 e. The molecule has 2 heterocycles. The molecule has 2 atom stereocenters. The highest BCUT2D eigenvalue weighted by molar-refractivity contribution is 7.12. The van der Waals surface area contributed by atoms with Crippen LogP contribution in [0.15, 0.2) is 71.4 Å². The second-order valence-electron chi connectivity index (χ2n) is 11.8. The average Bonchev–Trinajstić information content (AvgIpc) is 3.77. The first kappa shape index (κ1) is 36.0. The average molecular weight is 693 g/mol. The molecule has 0 radical (unpaired) electrons. The van der Waals surface area contributed by atoms with E-state index in [1.165, 1.54) is 0 Å². The Morgan fingerprint density at radius 3 is 1.35 bits per heavy atom. The molecule has 0 spiro atoms. The van der Waals surface area contributed by atoms with Crippen LogP contribution in [0.5, 0.6) is 0 Å². The fraction of sp³-hybridized carbons (Fsp3) is 0.353. The maximum atomic E-state index is 12.9. The maximum Gasteiger partial charge on any atom is 0.408 e. The van der Waals surface area contributed by atoms with Crippen LogP contribution >= 0.6 is 22.7 Å². The van der Waals surface area contributed by atoms with Gasteiger partial charge in [-0.3, -0.25) is 20.4 Å². The van der Waals surface area contributed by atoms with Crippen molar-refractivity contribution in [3.63, 3.8) is 0 Å². The second kappa shape index (κ2) is 17.9. The highest BCUT2D eigenvalue weighted by Crippen LogP contribution is 2.25. The van der Waals surface area contributed by atoms with Gasteiger partial charge in [0.25, 0.3) is 11.8 Å². The molecular formula is C34H40N6O6S2. The number of aromatic nitrogens is 2. The molecule has 0 saturated heterocycles. The number of thiazole rings is 2. The zero-order chi connectivity index (χ0) is 34.5. The summed E-state index contributed by atoms with van der Waals surface area (Å²) in [4.78, 5) is 59.7. The second-order valence-corrected chi connectivity index (χ2v) is 13.6. The monoisotopic (exact) mass is 692 g/mol. The highest BCUT2D eigenvalue weighted by atomic mass is 32.1. The number of ether oxygens (including phenoxy) is 2. The summed E-state index contributed by atoms with van der Waals surface area (Å²) < 4.78 is 10.7. The minimum Gasteiger partial charge on any atom is -0.445 e. The summed E-state index contributed by atoms with van der Waals surface area (Å²) in [5.41, 5.74) is 7.51. The predicted molar refractivity (Wildman–Crippen MR) is 183 cm³/mol. The molecule has 4 rings (SSSR count). The van der Waals surface area contributed by atoms with E-state index in [4.69, 9.17) is 9.47 Å². The Morgan fingerprint density at radius 2 is 1.00 bits per heavy atom. The molecule has 12 nitrogen and oxygen atoms in total. The number of hydrazine groups is 1. The smallest absolute Gasteiger partial charge is 0.408 e. The SMILES string of the molecule is CC(C)CC(NC(=O)OCc1ccccc1)c1csc(C(=O)NNC(=O)c2nc([C@H](CC(C)C)NC(=O)OCc3ccccc3)cs2)n1. The molecule has 0 fully saturated rings. The summed E-state index contributed by atoms with van der Waals surface area (Å²) in [5, 5.41) is 9.30. The van der Waals surface area contributed by atoms with Crippen molar-refractivity contribution >= 4 is 46.7 Å². The fourth-order valence-electron chi connectivity index (χ4n) is 4.59. The van der Waals surface area contributed by atoms with E-state index in [2.05, 4.69) is 31.5 Å². The first-order valence-corrected chi connectivity index (χ1v) is 17.3. The standard InChI is InChI=1S/C34H40N6O6S2/c1-21(2)15-25(37-33(43)45-17-23-11-7-5-8-12-23)27-19-47-31(35-27)29(41)39-40-30(42)32-36-28(20-48-32)26(16-22(3)4)38-34(44)46-18-24-13-9-6-10-14-24/h5-14,19-22,25-26H,15-18H2,1-4H3,(H,37,43)(H,38,44)(H,39,41)(H,40,42)/t25-,26?/m0/s1. The molecule has 254 valence electrons. The number of carbonyl (C=O) groups excluding carboxylic acids is 4. The maximum absolute atomic E-state index is 12.9. The van der Waals surface area contributed by atoms with Gasteiger partial charge in [-0.1, -0.05) is 88.4 Å². The third kappa shape index (κ3) is 11.5. The topological polar surface area (TPSA) is 161 Å². The fourth-order valence-corrected chi connectivity index (χ4v) is 6.12. The van der Waals surface area contributed by atoms with Crippen molar-refractivity contribution in [1.29, 1.82) is 0 Å². The summed E-state index contributed by atoms with van der Waals surface area (Å²) in [5.74, 6) is -0.791. The number of hydrogen-bond donors (Lipinski definition) is 4. The Bertz CT molecular complexity index is 1520. The van der Waals surface area contributed by atoms with Crippen molar-refractivity contribution in [3.8, 4) is 0 Å². The lowest BCUT2D eigenvalue weighted by Crippen LogP contribution is -2.41. The van der Waals surface area contributed by atoms with E-state index >= 15 is 0 Å². The third-order valence-electron chi connectivity index (χ3n) is 6.86. The van der Waals surface area contributed by atoms with Gasteiger partial charge in [0, 0.05) is 10.8 Å². The van der Waals surface area contributed by atoms with Crippen molar-refractivity contribution in [2.45, 2.75) is 65.8 Å². The molecule has 0 bridgehead atoms. The van der Waals surface area contributed by atoms with Gasteiger partial charge in [-0.2, -0.15) is 0 Å². The first-order chi connectivity index (χ1) is 23.1. The number of benzene rings is 2. The number of alkyl carbamates (subject to hydrolysis) is 2. The Balaban J connectivity index is 1.31. The van der Waals surface area contributed by atoms with E-state index < -0.39 is 36.1 Å². The molecule has 0 aliphatic carbocycles. The third-order valence-corrected chi connectivity index (χ3v) is 8.58. The van der Waals surface area contributed by atoms with Gasteiger partial charge >= 0.3 is 12.2 Å². The van der Waals surface area contributed by atoms with E-state index in [-0.39, 0.29) is 35.1 Å². The Labute approximate surface area is 287 Å². The summed E-state index contributed by atoms with van der Waals surface area (Å²) in [7, 11) is 0. The molecule has 4 aromatic rings. The van der Waals surface area contributed by atoms with E-state index in [0.29, 0.717) is 24.2 Å². The zero-order valence-corrected chi connectivity index (χ0v) is 28.9. The van der Waals surface area contributed by atoms with Gasteiger partial charge in [-0.25, -0.2) is 19.6 Å². The van der Waals surface area contributed by atoms with Gasteiger partial charge in [0.15, 0.2) is 10.0 Å². The van der Waals surface area contributed by atoms with E-state index in [1.807, 2.05) is 88.4 Å². The van der Waals surface area contributed by atoms with Crippen LogP contribution in [0.4, 0.5) is 9.59 Å². The highest BCUT2D eigenvalue weighted by Gasteiger charge is 2.24. The minimum absolute atomic E-state index is 0.105. The van der Waals surface area contributed by atoms with Gasteiger partial charge in [-0.05, 0) is 35.8 Å². The molecule has 2 aromatic heterocycles. The van der Waals surface area contributed by atoms with Crippen LogP contribution in [0.2, 0.25) is 0 Å². The Kier molecular flexibility index (Phi) is 13.4. The van der Waals surface area contributed by atoms with Gasteiger partial charge in [-0.15, -0.1) is 22.7 Å². The molecule has 2 aromatic carbocycles. The molecule has 0 saturated carbocycles. The van der Waals surface area contributed by atoms with Crippen molar-refractivity contribution < 1.29 is 28.7 Å². The van der Waals surface area contributed by atoms with Gasteiger partial charge in [0.05, 0.1) is 23.5 Å². The zero-order valence-electron chi connectivity index (χ0n) is 27.2. The van der Waals surface area contributed by atoms with Crippen molar-refractivity contribution in [1.82, 2.24) is 31.5 Å². The summed E-state index contributed by atoms with van der Waals surface area (Å²) in [6.45, 7) is 8.32. The number of hydrogen-bond acceptors (Lipinski definition) is 10. The minimum atomic E-state index is -0.619. The lowest BCUT2D eigenvalue weighted by molar-refractivity contribution is 0.0846. The van der Waals surface area contributed by atoms with Crippen LogP contribution in [0, 0.1) is 11.8 Å². The Morgan fingerprint density at radius 1 is 0.625 bits per heavy atom. The first-order valence-electron chi connectivity index (χ1n) is 15.5. The van der Waals surface area contributed by atoms with Crippen molar-refractivity contribution in [2.75, 3.05) is 0 Å². The van der Waals surface area contributed by atoms with E-state index in [1.54, 1.807) is 10.8 Å². The molecule has 14 heteroatoms. The Hall–Kier alpha value is -4.82. The number of carbonyl (C=O) groups is 4. The lowest BCUT2D eigenvalue weighted by atomic mass is 10.0. The molecule has 0 aliphatic rings. The summed E-state index contributed by atoms with van der Waals surface area (Å²) >= 11 is 2.18. The molecule has 1 unspecified atom stereocenters. The van der Waals surface area contributed by atoms with Gasteiger partial charge < -0.3 is 20.1 Å². The summed E-state index contributed by atoms with van der Waals surface area (Å²) in [6.07, 6.45) is -0.0284. The summed E-state index contributed by atoms with van der Waals surface area (Å²) in [6, 6.07) is 17.8. The van der Waals surface area contributed by atoms with Gasteiger partial charge in [0.1, 0.15) is 13.2 Å². The number of amides is 4. The van der Waals surface area contributed by atoms with Gasteiger partial charge in [0.2, 0.25) is 0 Å². The molecule has 0 aliphatic heterocycles. The predicted octanol–water partition coefficient (Wildman–Crippen LogP) is 6.70. The van der Waals surface area contributed by atoms with Crippen LogP contribution in [-0.4, -0.2) is 34.0 Å². The van der Waals surface area contributed by atoms with Crippen LogP contribution in [-0.2, 0) is 22.7 Å². The lowest BCUT2D eigenvalue weighted by Gasteiger charge is -2.19. The molecule has 4 N–H and O–H groups in total. The van der Waals surface area contributed by atoms with Crippen LogP contribution in [0.1, 0.15) is 94.7 Å². The van der Waals surface area contributed by atoms with E-state index in [9.17, 15) is 19.2 Å². The van der Waals surface area contributed by atoms with Crippen LogP contribution in [0.25, 0.3) is 0 Å². The molecule has 48 heavy (non-hydrogen) atoms. The molecular weight excluding hydrogens is 653 g/mol. The normalized spacial score (nSPS) is 12.2. The van der Waals surface area contributed by atoms with E-state index in [0.717, 1.165) is 33.8 Å². The number of nitrogens with zero attached hydrogens (tertiary/aromatic N) is 2. The van der Waals surface area contributed by atoms with Crippen molar-refractivity contribution in [3.05, 3.63) is 104 Å².